The van der Waals surface area contributed by atoms with E-state index < -0.39 is 0 Å². The Morgan fingerprint density at radius 1 is 1.62 bits per heavy atom. The Kier molecular flexibility index (Phi) is 3.40. The van der Waals surface area contributed by atoms with Crippen molar-refractivity contribution in [3.05, 3.63) is 29.2 Å². The molecule has 1 rings (SSSR count). The quantitative estimate of drug-likeness (QED) is 0.578. The highest BCUT2D eigenvalue weighted by atomic mass is 35.5. The molecule has 0 saturated heterocycles. The molecule has 0 fully saturated rings. The van der Waals surface area contributed by atoms with Gasteiger partial charge in [-0.15, -0.1) is 0 Å². The van der Waals surface area contributed by atoms with E-state index in [2.05, 4.69) is 15.0 Å². The SMILES string of the molecule is Cc1cnc(N=CC=CN)nc1Cl. The molecule has 2 N–H and O–H groups in total. The van der Waals surface area contributed by atoms with Crippen LogP contribution in [0.15, 0.2) is 23.5 Å². The van der Waals surface area contributed by atoms with Gasteiger partial charge in [0, 0.05) is 18.0 Å². The maximum Gasteiger partial charge on any atom is 0.250 e. The zero-order valence-electron chi connectivity index (χ0n) is 7.11. The molecule has 0 amide bonds. The Balaban J connectivity index is 2.85. The molecule has 0 unspecified atom stereocenters. The second-order valence-electron chi connectivity index (χ2n) is 2.31. The van der Waals surface area contributed by atoms with Crippen molar-refractivity contribution in [1.29, 1.82) is 0 Å². The predicted molar refractivity (Wildman–Crippen MR) is 53.3 cm³/mol. The lowest BCUT2D eigenvalue weighted by Gasteiger charge is -1.95. The maximum atomic E-state index is 5.76. The maximum absolute atomic E-state index is 5.76. The molecule has 0 aliphatic heterocycles. The van der Waals surface area contributed by atoms with Crippen LogP contribution < -0.4 is 5.73 Å². The van der Waals surface area contributed by atoms with Gasteiger partial charge in [-0.2, -0.15) is 4.98 Å². The molecule has 0 spiro atoms. The average Bonchev–Trinajstić information content (AvgIpc) is 2.12. The van der Waals surface area contributed by atoms with Crippen LogP contribution in [0.4, 0.5) is 5.95 Å². The van der Waals surface area contributed by atoms with E-state index in [0.29, 0.717) is 11.1 Å². The minimum absolute atomic E-state index is 0.328. The van der Waals surface area contributed by atoms with E-state index in [4.69, 9.17) is 17.3 Å². The Morgan fingerprint density at radius 3 is 3.00 bits per heavy atom. The van der Waals surface area contributed by atoms with Crippen molar-refractivity contribution in [1.82, 2.24) is 9.97 Å². The number of hydrogen-bond acceptors (Lipinski definition) is 4. The van der Waals surface area contributed by atoms with E-state index in [1.54, 1.807) is 12.3 Å². The van der Waals surface area contributed by atoms with Gasteiger partial charge in [-0.25, -0.2) is 9.98 Å². The van der Waals surface area contributed by atoms with Gasteiger partial charge in [0.25, 0.3) is 5.95 Å². The van der Waals surface area contributed by atoms with Crippen LogP contribution in [0.5, 0.6) is 0 Å². The second kappa shape index (κ2) is 4.57. The van der Waals surface area contributed by atoms with Crippen molar-refractivity contribution in [3.63, 3.8) is 0 Å². The number of aromatic nitrogens is 2. The Bertz CT molecular complexity index is 346. The van der Waals surface area contributed by atoms with Gasteiger partial charge in [0.1, 0.15) is 5.15 Å². The lowest BCUT2D eigenvalue weighted by atomic mass is 10.4. The fourth-order valence-corrected chi connectivity index (χ4v) is 0.759. The van der Waals surface area contributed by atoms with Crippen molar-refractivity contribution in [2.45, 2.75) is 6.92 Å². The van der Waals surface area contributed by atoms with Crippen LogP contribution in [0.2, 0.25) is 5.15 Å². The summed E-state index contributed by atoms with van der Waals surface area (Å²) < 4.78 is 0. The molecule has 5 heteroatoms. The Morgan fingerprint density at radius 2 is 2.38 bits per heavy atom. The molecule has 0 bridgehead atoms. The highest BCUT2D eigenvalue weighted by Crippen LogP contribution is 2.13. The molecule has 0 radical (unpaired) electrons. The normalized spacial score (nSPS) is 11.5. The largest absolute Gasteiger partial charge is 0.405 e. The summed E-state index contributed by atoms with van der Waals surface area (Å²) >= 11 is 5.76. The molecule has 4 nitrogen and oxygen atoms in total. The molecule has 68 valence electrons. The molecule has 13 heavy (non-hydrogen) atoms. The van der Waals surface area contributed by atoms with Crippen molar-refractivity contribution in [2.75, 3.05) is 0 Å². The van der Waals surface area contributed by atoms with Gasteiger partial charge >= 0.3 is 0 Å². The van der Waals surface area contributed by atoms with Crippen molar-refractivity contribution in [3.8, 4) is 0 Å². The zero-order chi connectivity index (χ0) is 9.68. The minimum atomic E-state index is 0.328. The number of nitrogens with zero attached hydrogens (tertiary/aromatic N) is 3. The lowest BCUT2D eigenvalue weighted by Crippen LogP contribution is -1.85. The summed E-state index contributed by atoms with van der Waals surface area (Å²) in [5.74, 6) is 0.328. The summed E-state index contributed by atoms with van der Waals surface area (Å²) in [6, 6.07) is 0. The molecular weight excluding hydrogens is 188 g/mol. The first kappa shape index (κ1) is 9.67. The number of hydrogen-bond donors (Lipinski definition) is 1. The van der Waals surface area contributed by atoms with E-state index in [0.717, 1.165) is 5.56 Å². The monoisotopic (exact) mass is 196 g/mol. The number of halogens is 1. The van der Waals surface area contributed by atoms with Crippen LogP contribution in [-0.2, 0) is 0 Å². The van der Waals surface area contributed by atoms with Crippen LogP contribution in [0, 0.1) is 6.92 Å². The van der Waals surface area contributed by atoms with E-state index >= 15 is 0 Å². The summed E-state index contributed by atoms with van der Waals surface area (Å²) in [6.45, 7) is 1.83. The van der Waals surface area contributed by atoms with Crippen molar-refractivity contribution >= 4 is 23.8 Å². The van der Waals surface area contributed by atoms with Gasteiger partial charge in [-0.1, -0.05) is 11.6 Å². The first-order valence-electron chi connectivity index (χ1n) is 3.64. The number of allylic oxidation sites excluding steroid dienone is 1. The Hall–Kier alpha value is -1.42. The van der Waals surface area contributed by atoms with Crippen molar-refractivity contribution < 1.29 is 0 Å². The third-order valence-electron chi connectivity index (χ3n) is 1.28. The van der Waals surface area contributed by atoms with Gasteiger partial charge in [-0.05, 0) is 19.2 Å². The van der Waals surface area contributed by atoms with Crippen LogP contribution in [-0.4, -0.2) is 16.2 Å². The minimum Gasteiger partial charge on any atom is -0.405 e. The standard InChI is InChI=1S/C8H9ClN4/c1-6-5-12-8(13-7(6)9)11-4-2-3-10/h2-5H,10H2,1H3. The van der Waals surface area contributed by atoms with Crippen LogP contribution in [0.1, 0.15) is 5.56 Å². The summed E-state index contributed by atoms with van der Waals surface area (Å²) in [5.41, 5.74) is 5.94. The molecule has 0 aliphatic carbocycles. The van der Waals surface area contributed by atoms with E-state index in [9.17, 15) is 0 Å². The molecule has 0 atom stereocenters. The third kappa shape index (κ3) is 2.83. The second-order valence-corrected chi connectivity index (χ2v) is 2.66. The number of nitrogens with two attached hydrogens (primary N) is 1. The van der Waals surface area contributed by atoms with Gasteiger partial charge in [0.2, 0.25) is 0 Å². The zero-order valence-corrected chi connectivity index (χ0v) is 7.86. The third-order valence-corrected chi connectivity index (χ3v) is 1.67. The Labute approximate surface area is 81.2 Å². The van der Waals surface area contributed by atoms with E-state index in [1.165, 1.54) is 12.4 Å². The summed E-state index contributed by atoms with van der Waals surface area (Å²) in [4.78, 5) is 11.8. The molecular formula is C8H9ClN4. The van der Waals surface area contributed by atoms with Crippen LogP contribution in [0.25, 0.3) is 0 Å². The number of aryl methyl sites for hydroxylation is 1. The van der Waals surface area contributed by atoms with Crippen LogP contribution >= 0.6 is 11.6 Å². The molecule has 0 aliphatic rings. The van der Waals surface area contributed by atoms with Gasteiger partial charge in [-0.3, -0.25) is 0 Å². The highest BCUT2D eigenvalue weighted by molar-refractivity contribution is 6.30. The number of rotatable bonds is 2. The topological polar surface area (TPSA) is 64.2 Å². The smallest absolute Gasteiger partial charge is 0.250 e. The fraction of sp³-hybridized carbons (Fsp3) is 0.125. The van der Waals surface area contributed by atoms with E-state index in [1.807, 2.05) is 6.92 Å². The molecule has 1 aromatic heterocycles. The van der Waals surface area contributed by atoms with Gasteiger partial charge < -0.3 is 5.73 Å². The molecule has 0 aromatic carbocycles. The summed E-state index contributed by atoms with van der Waals surface area (Å²) in [5, 5.41) is 0.416. The van der Waals surface area contributed by atoms with E-state index in [-0.39, 0.29) is 0 Å². The predicted octanol–water partition coefficient (Wildman–Crippen LogP) is 1.61. The van der Waals surface area contributed by atoms with Gasteiger partial charge in [0.05, 0.1) is 0 Å². The molecule has 0 saturated carbocycles. The lowest BCUT2D eigenvalue weighted by molar-refractivity contribution is 1.11. The molecule has 1 aromatic rings. The number of aliphatic imine (C=N–C) groups is 1. The van der Waals surface area contributed by atoms with Crippen molar-refractivity contribution in [2.24, 2.45) is 10.7 Å². The summed E-state index contributed by atoms with van der Waals surface area (Å²) in [6.07, 6.45) is 6.07. The highest BCUT2D eigenvalue weighted by Gasteiger charge is 1.97. The average molecular weight is 197 g/mol. The first-order valence-corrected chi connectivity index (χ1v) is 4.02. The summed E-state index contributed by atoms with van der Waals surface area (Å²) in [7, 11) is 0. The first-order chi connectivity index (χ1) is 6.24. The van der Waals surface area contributed by atoms with Gasteiger partial charge in [0.15, 0.2) is 0 Å². The fourth-order valence-electron chi connectivity index (χ4n) is 0.634. The van der Waals surface area contributed by atoms with Crippen LogP contribution in [0.3, 0.4) is 0 Å². The molecule has 1 heterocycles.